The number of hydrogen-bond acceptors (Lipinski definition) is 5. The van der Waals surface area contributed by atoms with Crippen LogP contribution in [0.4, 0.5) is 0 Å². The Kier molecular flexibility index (Phi) is 4.83. The Morgan fingerprint density at radius 1 is 1.15 bits per heavy atom. The number of carbonyl (C=O) groups excluding carboxylic acids is 2. The van der Waals surface area contributed by atoms with Gasteiger partial charge in [-0.2, -0.15) is 0 Å². The number of aromatic nitrogens is 3. The van der Waals surface area contributed by atoms with E-state index >= 15 is 0 Å². The Bertz CT molecular complexity index is 824. The van der Waals surface area contributed by atoms with Gasteiger partial charge in [-0.15, -0.1) is 0 Å². The second-order valence-corrected chi connectivity index (χ2v) is 7.20. The molecule has 5 heterocycles. The van der Waals surface area contributed by atoms with E-state index in [1.807, 2.05) is 17.0 Å². The van der Waals surface area contributed by atoms with Crippen molar-refractivity contribution in [2.24, 2.45) is 5.92 Å². The summed E-state index contributed by atoms with van der Waals surface area (Å²) in [5, 5.41) is 0. The second-order valence-electron chi connectivity index (χ2n) is 7.20. The molecule has 3 aliphatic heterocycles. The number of amides is 2. The highest BCUT2D eigenvalue weighted by atomic mass is 16.2. The summed E-state index contributed by atoms with van der Waals surface area (Å²) in [4.78, 5) is 42.1. The molecule has 2 aromatic rings. The molecule has 3 fully saturated rings. The normalized spacial score (nSPS) is 22.0. The molecular formula is C20H23N5O2. The maximum atomic E-state index is 13.0. The van der Waals surface area contributed by atoms with E-state index < -0.39 is 0 Å². The minimum Gasteiger partial charge on any atom is -0.338 e. The molecule has 140 valence electrons. The van der Waals surface area contributed by atoms with Crippen LogP contribution < -0.4 is 0 Å². The SMILES string of the molecule is CCCN1C(=O)[C@H]2CC[C@@H]1CN(C(=O)c1cnc(-c3ccncc3)nc1)C2. The average molecular weight is 365 g/mol. The smallest absolute Gasteiger partial charge is 0.257 e. The molecule has 0 aliphatic carbocycles. The van der Waals surface area contributed by atoms with Gasteiger partial charge in [0.05, 0.1) is 11.5 Å². The highest BCUT2D eigenvalue weighted by molar-refractivity contribution is 5.94. The van der Waals surface area contributed by atoms with Crippen LogP contribution in [0.3, 0.4) is 0 Å². The Hall–Kier alpha value is -2.83. The first-order valence-corrected chi connectivity index (χ1v) is 9.49. The van der Waals surface area contributed by atoms with Gasteiger partial charge < -0.3 is 9.80 Å². The zero-order valence-electron chi connectivity index (χ0n) is 15.4. The van der Waals surface area contributed by atoms with Crippen molar-refractivity contribution in [3.8, 4) is 11.4 Å². The van der Waals surface area contributed by atoms with E-state index in [1.165, 1.54) is 0 Å². The van der Waals surface area contributed by atoms with Crippen molar-refractivity contribution in [3.05, 3.63) is 42.5 Å². The summed E-state index contributed by atoms with van der Waals surface area (Å²) < 4.78 is 0. The molecule has 7 nitrogen and oxygen atoms in total. The van der Waals surface area contributed by atoms with Crippen LogP contribution in [0.5, 0.6) is 0 Å². The monoisotopic (exact) mass is 365 g/mol. The standard InChI is InChI=1S/C20H23N5O2/c1-2-9-25-17-4-3-15(20(25)27)12-24(13-17)19(26)16-10-22-18(23-11-16)14-5-7-21-8-6-14/h5-8,10-11,15,17H,2-4,9,12-13H2,1H3/t15-,17+/m0/s1. The van der Waals surface area contributed by atoms with Crippen LogP contribution in [0.25, 0.3) is 11.4 Å². The third-order valence-electron chi connectivity index (χ3n) is 5.38. The van der Waals surface area contributed by atoms with Gasteiger partial charge in [0.25, 0.3) is 5.91 Å². The van der Waals surface area contributed by atoms with E-state index in [0.717, 1.165) is 31.4 Å². The Morgan fingerprint density at radius 2 is 1.89 bits per heavy atom. The molecule has 2 bridgehead atoms. The molecule has 2 amide bonds. The molecule has 0 aromatic carbocycles. The lowest BCUT2D eigenvalue weighted by atomic mass is 9.94. The van der Waals surface area contributed by atoms with E-state index in [0.29, 0.717) is 24.5 Å². The predicted octanol–water partition coefficient (Wildman–Crippen LogP) is 2.01. The van der Waals surface area contributed by atoms with Crippen molar-refractivity contribution < 1.29 is 9.59 Å². The van der Waals surface area contributed by atoms with Crippen molar-refractivity contribution in [1.29, 1.82) is 0 Å². The van der Waals surface area contributed by atoms with Gasteiger partial charge in [-0.25, -0.2) is 9.97 Å². The molecule has 2 aromatic heterocycles. The molecule has 0 saturated carbocycles. The first-order chi connectivity index (χ1) is 13.2. The molecule has 2 atom stereocenters. The number of pyridine rings is 1. The lowest BCUT2D eigenvalue weighted by molar-refractivity contribution is -0.139. The van der Waals surface area contributed by atoms with Gasteiger partial charge in [-0.3, -0.25) is 14.6 Å². The van der Waals surface area contributed by atoms with Gasteiger partial charge in [0, 0.05) is 56.0 Å². The molecule has 0 spiro atoms. The summed E-state index contributed by atoms with van der Waals surface area (Å²) in [5.41, 5.74) is 1.32. The van der Waals surface area contributed by atoms with Crippen LogP contribution >= 0.6 is 0 Å². The summed E-state index contributed by atoms with van der Waals surface area (Å²) in [6.45, 7) is 3.93. The van der Waals surface area contributed by atoms with Gasteiger partial charge in [0.2, 0.25) is 5.91 Å². The molecule has 3 saturated heterocycles. The van der Waals surface area contributed by atoms with Crippen molar-refractivity contribution in [2.75, 3.05) is 19.6 Å². The van der Waals surface area contributed by atoms with E-state index in [4.69, 9.17) is 0 Å². The third-order valence-corrected chi connectivity index (χ3v) is 5.38. The maximum absolute atomic E-state index is 13.0. The van der Waals surface area contributed by atoms with Crippen LogP contribution in [-0.2, 0) is 4.79 Å². The molecule has 5 rings (SSSR count). The van der Waals surface area contributed by atoms with Crippen LogP contribution in [0.2, 0.25) is 0 Å². The fourth-order valence-electron chi connectivity index (χ4n) is 4.01. The zero-order valence-corrected chi connectivity index (χ0v) is 15.4. The first kappa shape index (κ1) is 17.6. The summed E-state index contributed by atoms with van der Waals surface area (Å²) >= 11 is 0. The minimum atomic E-state index is -0.0978. The molecule has 0 unspecified atom stereocenters. The quantitative estimate of drug-likeness (QED) is 0.828. The number of piperidine rings is 1. The number of rotatable bonds is 4. The molecule has 7 heteroatoms. The molecule has 0 radical (unpaired) electrons. The average Bonchev–Trinajstić information content (AvgIpc) is 3.01. The van der Waals surface area contributed by atoms with Gasteiger partial charge in [-0.1, -0.05) is 6.92 Å². The summed E-state index contributed by atoms with van der Waals surface area (Å²) in [7, 11) is 0. The van der Waals surface area contributed by atoms with Gasteiger partial charge in [-0.05, 0) is 31.4 Å². The fraction of sp³-hybridized carbons (Fsp3) is 0.450. The Balaban J connectivity index is 1.52. The van der Waals surface area contributed by atoms with E-state index in [-0.39, 0.29) is 23.8 Å². The summed E-state index contributed by atoms with van der Waals surface area (Å²) in [6.07, 6.45) is 9.29. The number of fused-ring (bicyclic) bond motifs is 4. The summed E-state index contributed by atoms with van der Waals surface area (Å²) in [5.74, 6) is 0.581. The van der Waals surface area contributed by atoms with Crippen molar-refractivity contribution in [1.82, 2.24) is 24.8 Å². The van der Waals surface area contributed by atoms with Crippen LogP contribution in [0.1, 0.15) is 36.5 Å². The van der Waals surface area contributed by atoms with Crippen LogP contribution in [0.15, 0.2) is 36.9 Å². The van der Waals surface area contributed by atoms with Crippen molar-refractivity contribution in [3.63, 3.8) is 0 Å². The Morgan fingerprint density at radius 3 is 2.59 bits per heavy atom. The third kappa shape index (κ3) is 3.41. The van der Waals surface area contributed by atoms with Crippen LogP contribution in [-0.4, -0.2) is 62.2 Å². The maximum Gasteiger partial charge on any atom is 0.257 e. The second kappa shape index (κ2) is 7.42. The van der Waals surface area contributed by atoms with E-state index in [9.17, 15) is 9.59 Å². The molecule has 3 aliphatic rings. The first-order valence-electron chi connectivity index (χ1n) is 9.49. The van der Waals surface area contributed by atoms with Gasteiger partial charge in [0.15, 0.2) is 5.82 Å². The largest absolute Gasteiger partial charge is 0.338 e. The van der Waals surface area contributed by atoms with Gasteiger partial charge >= 0.3 is 0 Å². The number of carbonyl (C=O) groups is 2. The fourth-order valence-corrected chi connectivity index (χ4v) is 4.01. The highest BCUT2D eigenvalue weighted by Gasteiger charge is 2.41. The van der Waals surface area contributed by atoms with E-state index in [2.05, 4.69) is 21.9 Å². The number of nitrogens with zero attached hydrogens (tertiary/aromatic N) is 5. The van der Waals surface area contributed by atoms with Gasteiger partial charge in [0.1, 0.15) is 0 Å². The lowest BCUT2D eigenvalue weighted by Crippen LogP contribution is -2.48. The minimum absolute atomic E-state index is 0.0868. The summed E-state index contributed by atoms with van der Waals surface area (Å²) in [6, 6.07) is 3.78. The molecular weight excluding hydrogens is 342 g/mol. The zero-order chi connectivity index (χ0) is 18.8. The topological polar surface area (TPSA) is 79.3 Å². The van der Waals surface area contributed by atoms with Crippen molar-refractivity contribution >= 4 is 11.8 Å². The predicted molar refractivity (Wildman–Crippen MR) is 99.7 cm³/mol. The Labute approximate surface area is 158 Å². The highest BCUT2D eigenvalue weighted by Crippen LogP contribution is 2.30. The number of hydrogen-bond donors (Lipinski definition) is 0. The van der Waals surface area contributed by atoms with E-state index in [1.54, 1.807) is 29.7 Å². The molecule has 0 N–H and O–H groups in total. The van der Waals surface area contributed by atoms with Crippen LogP contribution in [0, 0.1) is 5.92 Å². The molecule has 27 heavy (non-hydrogen) atoms. The lowest BCUT2D eigenvalue weighted by Gasteiger charge is -2.35. The van der Waals surface area contributed by atoms with Crippen molar-refractivity contribution in [2.45, 2.75) is 32.2 Å².